The van der Waals surface area contributed by atoms with Gasteiger partial charge in [-0.05, 0) is 24.5 Å². The third kappa shape index (κ3) is 4.49. The van der Waals surface area contributed by atoms with Crippen molar-refractivity contribution in [2.75, 3.05) is 7.11 Å². The van der Waals surface area contributed by atoms with Crippen LogP contribution in [0.15, 0.2) is 36.9 Å². The Morgan fingerprint density at radius 3 is 2.58 bits per heavy atom. The largest absolute Gasteiger partial charge is 0.375 e. The third-order valence-electron chi connectivity index (χ3n) is 5.29. The van der Waals surface area contributed by atoms with Gasteiger partial charge in [-0.3, -0.25) is 4.79 Å². The summed E-state index contributed by atoms with van der Waals surface area (Å²) in [7, 11) is 1.66. The summed E-state index contributed by atoms with van der Waals surface area (Å²) in [5, 5.41) is 22.1. The lowest BCUT2D eigenvalue weighted by molar-refractivity contribution is -0.117. The molecule has 168 valence electrons. The number of ketones is 1. The molecule has 10 heteroatoms. The highest BCUT2D eigenvalue weighted by Gasteiger charge is 2.24. The van der Waals surface area contributed by atoms with Gasteiger partial charge in [0.1, 0.15) is 18.0 Å². The number of carbonyl (C=O) groups excluding carboxylic acids is 1. The first-order chi connectivity index (χ1) is 15.9. The van der Waals surface area contributed by atoms with Gasteiger partial charge in [0.25, 0.3) is 0 Å². The fourth-order valence-electron chi connectivity index (χ4n) is 3.91. The molecular weight excluding hydrogens is 420 g/mol. The number of ether oxygens (including phenoxy) is 1. The molecule has 4 rings (SSSR count). The molecule has 0 aliphatic heterocycles. The lowest BCUT2D eigenvalue weighted by atomic mass is 9.96. The topological polar surface area (TPSA) is 124 Å². The van der Waals surface area contributed by atoms with Crippen LogP contribution in [-0.2, 0) is 22.4 Å². The molecule has 0 aliphatic carbocycles. The molecule has 0 saturated carbocycles. The second-order valence-electron chi connectivity index (χ2n) is 8.16. The maximum atomic E-state index is 13.0. The molecule has 33 heavy (non-hydrogen) atoms. The Hall–Kier alpha value is -3.97. The molecule has 0 aliphatic rings. The minimum atomic E-state index is -0.245. The number of hydrogen-bond donors (Lipinski definition) is 0. The van der Waals surface area contributed by atoms with Crippen LogP contribution >= 0.6 is 0 Å². The first-order valence-electron chi connectivity index (χ1n) is 10.6. The van der Waals surface area contributed by atoms with Crippen LogP contribution in [0.2, 0.25) is 0 Å². The molecule has 0 aromatic carbocycles. The highest BCUT2D eigenvalue weighted by molar-refractivity contribution is 5.83. The van der Waals surface area contributed by atoms with Crippen LogP contribution < -0.4 is 0 Å². The predicted octanol–water partition coefficient (Wildman–Crippen LogP) is 2.58. The van der Waals surface area contributed by atoms with Crippen molar-refractivity contribution in [1.29, 1.82) is 5.26 Å². The third-order valence-corrected chi connectivity index (χ3v) is 5.29. The van der Waals surface area contributed by atoms with Crippen LogP contribution in [0.25, 0.3) is 11.5 Å². The number of aryl methyl sites for hydroxylation is 1. The van der Waals surface area contributed by atoms with Gasteiger partial charge in [0.15, 0.2) is 11.5 Å². The number of rotatable bonds is 8. The van der Waals surface area contributed by atoms with Gasteiger partial charge in [-0.15, -0.1) is 4.80 Å². The smallest absolute Gasteiger partial charge is 0.192 e. The monoisotopic (exact) mass is 444 g/mol. The van der Waals surface area contributed by atoms with Crippen molar-refractivity contribution in [3.05, 3.63) is 65.0 Å². The zero-order valence-corrected chi connectivity index (χ0v) is 18.9. The van der Waals surface area contributed by atoms with Gasteiger partial charge in [0, 0.05) is 44.0 Å². The second kappa shape index (κ2) is 9.26. The second-order valence-corrected chi connectivity index (χ2v) is 8.16. The molecule has 4 aromatic rings. The summed E-state index contributed by atoms with van der Waals surface area (Å²) in [6, 6.07) is 5.64. The average molecular weight is 444 g/mol. The fraction of sp³-hybridized carbons (Fsp3) is 0.348. The maximum Gasteiger partial charge on any atom is 0.192 e. The molecule has 0 saturated heterocycles. The molecular formula is C23H24N8O2. The molecule has 0 bridgehead atoms. The van der Waals surface area contributed by atoms with Crippen LogP contribution in [0.3, 0.4) is 0 Å². The summed E-state index contributed by atoms with van der Waals surface area (Å²) in [5.41, 5.74) is 4.09. The highest BCUT2D eigenvalue weighted by Crippen LogP contribution is 2.29. The lowest BCUT2D eigenvalue weighted by Gasteiger charge is -2.23. The minimum Gasteiger partial charge on any atom is -0.375 e. The van der Waals surface area contributed by atoms with E-state index in [1.807, 2.05) is 13.0 Å². The number of nitrogens with zero attached hydrogens (tertiary/aromatic N) is 8. The Kier molecular flexibility index (Phi) is 6.24. The van der Waals surface area contributed by atoms with Crippen molar-refractivity contribution in [3.63, 3.8) is 0 Å². The first-order valence-corrected chi connectivity index (χ1v) is 10.6. The molecule has 0 spiro atoms. The molecule has 1 atom stereocenters. The van der Waals surface area contributed by atoms with Crippen molar-refractivity contribution >= 4 is 11.4 Å². The molecule has 0 N–H and O–H groups in total. The van der Waals surface area contributed by atoms with Gasteiger partial charge >= 0.3 is 0 Å². The summed E-state index contributed by atoms with van der Waals surface area (Å²) < 4.78 is 7.55. The molecule has 0 radical (unpaired) electrons. The summed E-state index contributed by atoms with van der Waals surface area (Å²) in [6.07, 6.45) is 6.36. The van der Waals surface area contributed by atoms with E-state index in [-0.39, 0.29) is 30.6 Å². The molecule has 4 aromatic heterocycles. The average Bonchev–Trinajstić information content (AvgIpc) is 3.44. The van der Waals surface area contributed by atoms with E-state index in [2.05, 4.69) is 45.2 Å². The lowest BCUT2D eigenvalue weighted by Crippen LogP contribution is -2.19. The van der Waals surface area contributed by atoms with Crippen LogP contribution in [0.4, 0.5) is 0 Å². The quantitative estimate of drug-likeness (QED) is 0.406. The van der Waals surface area contributed by atoms with E-state index in [0.717, 1.165) is 17.0 Å². The number of methoxy groups -OCH3 is 1. The maximum absolute atomic E-state index is 13.0. The van der Waals surface area contributed by atoms with Crippen molar-refractivity contribution in [2.45, 2.75) is 39.7 Å². The van der Waals surface area contributed by atoms with Crippen molar-refractivity contribution in [1.82, 2.24) is 34.6 Å². The standard InChI is InChI=1S/C23H24N8O2/c1-14(2)22(33-4)21-18(13-25-20-7-15(3)29-30(20)21)10-19(32)9-16-8-17(11-24)23(26-12-16)31-27-5-6-28-31/h5-8,12-14,22H,9-10H2,1-4H3/t22-/m0/s1. The first kappa shape index (κ1) is 22.2. The number of carbonyl (C=O) groups is 1. The Labute approximate surface area is 190 Å². The van der Waals surface area contributed by atoms with Crippen LogP contribution in [-0.4, -0.2) is 47.5 Å². The fourth-order valence-corrected chi connectivity index (χ4v) is 3.91. The van der Waals surface area contributed by atoms with Crippen molar-refractivity contribution in [3.8, 4) is 11.9 Å². The molecule has 0 amide bonds. The van der Waals surface area contributed by atoms with E-state index < -0.39 is 0 Å². The van der Waals surface area contributed by atoms with Crippen molar-refractivity contribution < 1.29 is 9.53 Å². The van der Waals surface area contributed by atoms with Gasteiger partial charge in [0.05, 0.1) is 29.3 Å². The van der Waals surface area contributed by atoms with E-state index in [1.54, 1.807) is 30.1 Å². The normalized spacial score (nSPS) is 12.2. The number of nitriles is 1. The Balaban J connectivity index is 1.63. The number of Topliss-reactive ketones (excluding diaryl/α,β-unsaturated/α-hetero) is 1. The Morgan fingerprint density at radius 1 is 1.15 bits per heavy atom. The van der Waals surface area contributed by atoms with Gasteiger partial charge in [-0.25, -0.2) is 14.5 Å². The van der Waals surface area contributed by atoms with E-state index in [9.17, 15) is 10.1 Å². The van der Waals surface area contributed by atoms with Gasteiger partial charge in [-0.1, -0.05) is 13.8 Å². The number of aromatic nitrogens is 7. The number of fused-ring (bicyclic) bond motifs is 1. The summed E-state index contributed by atoms with van der Waals surface area (Å²) in [4.78, 5) is 23.1. The van der Waals surface area contributed by atoms with E-state index in [0.29, 0.717) is 22.6 Å². The Bertz CT molecular complexity index is 1330. The van der Waals surface area contributed by atoms with Gasteiger partial charge in [-0.2, -0.15) is 20.6 Å². The SMILES string of the molecule is CO[C@H](c1c(CC(=O)Cc2cnc(-n3nccn3)c(C#N)c2)cnc2cc(C)nn12)C(C)C. The van der Waals surface area contributed by atoms with E-state index in [4.69, 9.17) is 4.74 Å². The van der Waals surface area contributed by atoms with Gasteiger partial charge in [0.2, 0.25) is 0 Å². The zero-order chi connectivity index (χ0) is 23.5. The van der Waals surface area contributed by atoms with Crippen LogP contribution in [0.1, 0.15) is 48.0 Å². The summed E-state index contributed by atoms with van der Waals surface area (Å²) >= 11 is 0. The van der Waals surface area contributed by atoms with E-state index >= 15 is 0 Å². The molecule has 0 unspecified atom stereocenters. The minimum absolute atomic E-state index is 0.0319. The number of hydrogen-bond acceptors (Lipinski definition) is 8. The number of pyridine rings is 1. The zero-order valence-electron chi connectivity index (χ0n) is 18.9. The molecule has 10 nitrogen and oxygen atoms in total. The van der Waals surface area contributed by atoms with E-state index in [1.165, 1.54) is 17.2 Å². The highest BCUT2D eigenvalue weighted by atomic mass is 16.5. The van der Waals surface area contributed by atoms with Crippen LogP contribution in [0, 0.1) is 24.2 Å². The summed E-state index contributed by atoms with van der Waals surface area (Å²) in [6.45, 7) is 6.03. The van der Waals surface area contributed by atoms with Gasteiger partial charge < -0.3 is 4.74 Å². The van der Waals surface area contributed by atoms with Crippen LogP contribution in [0.5, 0.6) is 0 Å². The van der Waals surface area contributed by atoms with Crippen molar-refractivity contribution in [2.24, 2.45) is 5.92 Å². The predicted molar refractivity (Wildman–Crippen MR) is 119 cm³/mol. The summed E-state index contributed by atoms with van der Waals surface area (Å²) in [5.74, 6) is 0.463. The Morgan fingerprint density at radius 2 is 1.91 bits per heavy atom. The molecule has 4 heterocycles. The molecule has 0 fully saturated rings.